The van der Waals surface area contributed by atoms with Gasteiger partial charge < -0.3 is 15.5 Å². The van der Waals surface area contributed by atoms with Gasteiger partial charge in [0.25, 0.3) is 0 Å². The smallest absolute Gasteiger partial charge is 0.321 e. The van der Waals surface area contributed by atoms with Crippen LogP contribution in [0.25, 0.3) is 0 Å². The quantitative estimate of drug-likeness (QED) is 0.806. The summed E-state index contributed by atoms with van der Waals surface area (Å²) in [6.45, 7) is 3.32. The molecule has 0 bridgehead atoms. The zero-order valence-electron chi connectivity index (χ0n) is 9.58. The van der Waals surface area contributed by atoms with Crippen LogP contribution >= 0.6 is 11.6 Å². The minimum atomic E-state index is -0.0817. The first-order valence-corrected chi connectivity index (χ1v) is 6.16. The van der Waals surface area contributed by atoms with E-state index in [-0.39, 0.29) is 6.03 Å². The van der Waals surface area contributed by atoms with Crippen LogP contribution in [0.5, 0.6) is 0 Å². The molecule has 1 saturated heterocycles. The molecule has 92 valence electrons. The summed E-state index contributed by atoms with van der Waals surface area (Å²) in [6, 6.07) is 7.18. The van der Waals surface area contributed by atoms with Gasteiger partial charge in [0.15, 0.2) is 0 Å². The third-order valence-corrected chi connectivity index (χ3v) is 3.07. The van der Waals surface area contributed by atoms with E-state index in [0.717, 1.165) is 32.6 Å². The Morgan fingerprint density at radius 3 is 2.94 bits per heavy atom. The van der Waals surface area contributed by atoms with Crippen molar-refractivity contribution in [2.45, 2.75) is 6.42 Å². The zero-order valence-corrected chi connectivity index (χ0v) is 10.3. The molecule has 1 fully saturated rings. The van der Waals surface area contributed by atoms with Crippen LogP contribution in [-0.4, -0.2) is 37.1 Å². The predicted octanol–water partition coefficient (Wildman–Crippen LogP) is 2.17. The first-order valence-electron chi connectivity index (χ1n) is 5.78. The van der Waals surface area contributed by atoms with Crippen LogP contribution in [0.4, 0.5) is 10.5 Å². The Morgan fingerprint density at radius 1 is 1.29 bits per heavy atom. The van der Waals surface area contributed by atoms with Crippen molar-refractivity contribution < 1.29 is 4.79 Å². The van der Waals surface area contributed by atoms with Gasteiger partial charge in [-0.15, -0.1) is 0 Å². The lowest BCUT2D eigenvalue weighted by Gasteiger charge is -2.20. The fraction of sp³-hybridized carbons (Fsp3) is 0.417. The maximum Gasteiger partial charge on any atom is 0.321 e. The zero-order chi connectivity index (χ0) is 12.1. The van der Waals surface area contributed by atoms with Crippen LogP contribution in [0.3, 0.4) is 0 Å². The van der Waals surface area contributed by atoms with Gasteiger partial charge in [0.1, 0.15) is 0 Å². The van der Waals surface area contributed by atoms with Crippen molar-refractivity contribution in [3.8, 4) is 0 Å². The van der Waals surface area contributed by atoms with E-state index in [0.29, 0.717) is 10.7 Å². The molecule has 2 N–H and O–H groups in total. The molecular formula is C12H16ClN3O. The molecule has 0 spiro atoms. The number of halogens is 1. The number of carbonyl (C=O) groups excluding carboxylic acids is 1. The van der Waals surface area contributed by atoms with Crippen LogP contribution in [0, 0.1) is 0 Å². The molecule has 0 atom stereocenters. The van der Waals surface area contributed by atoms with Crippen molar-refractivity contribution in [2.24, 2.45) is 0 Å². The number of rotatable bonds is 1. The van der Waals surface area contributed by atoms with Gasteiger partial charge in [-0.3, -0.25) is 0 Å². The molecule has 0 aliphatic carbocycles. The topological polar surface area (TPSA) is 44.4 Å². The van der Waals surface area contributed by atoms with Crippen molar-refractivity contribution in [3.05, 3.63) is 29.3 Å². The summed E-state index contributed by atoms with van der Waals surface area (Å²) in [4.78, 5) is 13.8. The molecule has 1 heterocycles. The summed E-state index contributed by atoms with van der Waals surface area (Å²) in [7, 11) is 0. The fourth-order valence-corrected chi connectivity index (χ4v) is 1.99. The molecule has 0 radical (unpaired) electrons. The van der Waals surface area contributed by atoms with Gasteiger partial charge in [-0.1, -0.05) is 23.7 Å². The largest absolute Gasteiger partial charge is 0.323 e. The Labute approximate surface area is 106 Å². The number of anilines is 1. The highest BCUT2D eigenvalue weighted by Crippen LogP contribution is 2.20. The summed E-state index contributed by atoms with van der Waals surface area (Å²) in [6.07, 6.45) is 0.982. The SMILES string of the molecule is O=C(Nc1ccccc1Cl)N1CCCNCC1. The van der Waals surface area contributed by atoms with E-state index in [1.165, 1.54) is 0 Å². The Kier molecular flexibility index (Phi) is 4.23. The van der Waals surface area contributed by atoms with Gasteiger partial charge in [-0.2, -0.15) is 0 Å². The Hall–Kier alpha value is -1.26. The second-order valence-electron chi connectivity index (χ2n) is 4.00. The predicted molar refractivity (Wildman–Crippen MR) is 69.5 cm³/mol. The number of hydrogen-bond donors (Lipinski definition) is 2. The van der Waals surface area contributed by atoms with Gasteiger partial charge in [0.2, 0.25) is 0 Å². The molecular weight excluding hydrogens is 238 g/mol. The minimum absolute atomic E-state index is 0.0817. The molecule has 17 heavy (non-hydrogen) atoms. The number of benzene rings is 1. The lowest BCUT2D eigenvalue weighted by molar-refractivity contribution is 0.215. The Balaban J connectivity index is 1.98. The third-order valence-electron chi connectivity index (χ3n) is 2.74. The van der Waals surface area contributed by atoms with E-state index < -0.39 is 0 Å². The van der Waals surface area contributed by atoms with Crippen LogP contribution in [0.2, 0.25) is 5.02 Å². The van der Waals surface area contributed by atoms with Crippen molar-refractivity contribution in [1.82, 2.24) is 10.2 Å². The van der Waals surface area contributed by atoms with E-state index >= 15 is 0 Å². The molecule has 2 rings (SSSR count). The van der Waals surface area contributed by atoms with E-state index in [1.807, 2.05) is 17.0 Å². The fourth-order valence-electron chi connectivity index (χ4n) is 1.81. The monoisotopic (exact) mass is 253 g/mol. The van der Waals surface area contributed by atoms with E-state index in [2.05, 4.69) is 10.6 Å². The van der Waals surface area contributed by atoms with E-state index in [4.69, 9.17) is 11.6 Å². The number of hydrogen-bond acceptors (Lipinski definition) is 2. The molecule has 1 aromatic rings. The number of amides is 2. The Morgan fingerprint density at radius 2 is 2.12 bits per heavy atom. The minimum Gasteiger partial charge on any atom is -0.323 e. The van der Waals surface area contributed by atoms with Crippen molar-refractivity contribution in [3.63, 3.8) is 0 Å². The second-order valence-corrected chi connectivity index (χ2v) is 4.41. The van der Waals surface area contributed by atoms with Crippen LogP contribution in [0.15, 0.2) is 24.3 Å². The third kappa shape index (κ3) is 3.35. The number of nitrogens with one attached hydrogen (secondary N) is 2. The van der Waals surface area contributed by atoms with Gasteiger partial charge in [-0.25, -0.2) is 4.79 Å². The lowest BCUT2D eigenvalue weighted by Crippen LogP contribution is -2.37. The maximum atomic E-state index is 12.0. The molecule has 1 aromatic carbocycles. The normalized spacial score (nSPS) is 16.4. The number of para-hydroxylation sites is 1. The van der Waals surface area contributed by atoms with E-state index in [9.17, 15) is 4.79 Å². The molecule has 1 aliphatic rings. The van der Waals surface area contributed by atoms with Crippen LogP contribution < -0.4 is 10.6 Å². The van der Waals surface area contributed by atoms with Gasteiger partial charge >= 0.3 is 6.03 Å². The van der Waals surface area contributed by atoms with Crippen molar-refractivity contribution >= 4 is 23.3 Å². The molecule has 0 unspecified atom stereocenters. The molecule has 2 amide bonds. The first kappa shape index (κ1) is 12.2. The maximum absolute atomic E-state index is 12.0. The summed E-state index contributed by atoms with van der Waals surface area (Å²) in [5.74, 6) is 0. The molecule has 0 saturated carbocycles. The van der Waals surface area contributed by atoms with Crippen LogP contribution in [-0.2, 0) is 0 Å². The average molecular weight is 254 g/mol. The summed E-state index contributed by atoms with van der Waals surface area (Å²) < 4.78 is 0. The van der Waals surface area contributed by atoms with Gasteiger partial charge in [0, 0.05) is 19.6 Å². The summed E-state index contributed by atoms with van der Waals surface area (Å²) in [5, 5.41) is 6.66. The summed E-state index contributed by atoms with van der Waals surface area (Å²) in [5.41, 5.74) is 0.663. The van der Waals surface area contributed by atoms with E-state index in [1.54, 1.807) is 12.1 Å². The highest BCUT2D eigenvalue weighted by Gasteiger charge is 2.15. The molecule has 1 aliphatic heterocycles. The number of carbonyl (C=O) groups is 1. The van der Waals surface area contributed by atoms with Crippen LogP contribution in [0.1, 0.15) is 6.42 Å². The van der Waals surface area contributed by atoms with Crippen molar-refractivity contribution in [2.75, 3.05) is 31.5 Å². The van der Waals surface area contributed by atoms with Gasteiger partial charge in [0.05, 0.1) is 10.7 Å². The first-order chi connectivity index (χ1) is 8.27. The number of urea groups is 1. The highest BCUT2D eigenvalue weighted by molar-refractivity contribution is 6.33. The molecule has 0 aromatic heterocycles. The molecule has 4 nitrogen and oxygen atoms in total. The summed E-state index contributed by atoms with van der Waals surface area (Å²) >= 11 is 5.99. The Bertz CT molecular complexity index is 389. The second kappa shape index (κ2) is 5.89. The lowest BCUT2D eigenvalue weighted by atomic mass is 10.3. The number of nitrogens with zero attached hydrogens (tertiary/aromatic N) is 1. The standard InChI is InChI=1S/C12H16ClN3O/c13-10-4-1-2-5-11(10)15-12(17)16-8-3-6-14-7-9-16/h1-2,4-5,14H,3,6-9H2,(H,15,17). The highest BCUT2D eigenvalue weighted by atomic mass is 35.5. The molecule has 5 heteroatoms. The van der Waals surface area contributed by atoms with Gasteiger partial charge in [-0.05, 0) is 25.1 Å². The average Bonchev–Trinajstić information content (AvgIpc) is 2.61. The van der Waals surface area contributed by atoms with Crippen molar-refractivity contribution in [1.29, 1.82) is 0 Å².